The van der Waals surface area contributed by atoms with Gasteiger partial charge in [-0.15, -0.1) is 0 Å². The van der Waals surface area contributed by atoms with Crippen molar-refractivity contribution in [2.45, 2.75) is 37.3 Å². The Hall–Kier alpha value is -2.64. The number of hydrogen-bond donors (Lipinski definition) is 1. The summed E-state index contributed by atoms with van der Waals surface area (Å²) in [6.07, 6.45) is 3.08. The molecule has 1 saturated carbocycles. The molecule has 0 aliphatic heterocycles. The highest BCUT2D eigenvalue weighted by molar-refractivity contribution is 5.78. The van der Waals surface area contributed by atoms with Crippen LogP contribution < -0.4 is 5.32 Å². The van der Waals surface area contributed by atoms with Crippen LogP contribution in [0.1, 0.15) is 42.9 Å². The molecule has 1 amide bonds. The van der Waals surface area contributed by atoms with Crippen LogP contribution in [0.2, 0.25) is 0 Å². The van der Waals surface area contributed by atoms with Crippen LogP contribution in [0, 0.1) is 11.3 Å². The fourth-order valence-electron chi connectivity index (χ4n) is 3.35. The van der Waals surface area contributed by atoms with E-state index in [0.29, 0.717) is 0 Å². The molecule has 0 aromatic heterocycles. The van der Waals surface area contributed by atoms with E-state index in [0.717, 1.165) is 36.8 Å². The third-order valence-corrected chi connectivity index (χ3v) is 4.64. The Morgan fingerprint density at radius 1 is 1.04 bits per heavy atom. The molecule has 4 nitrogen and oxygen atoms in total. The summed E-state index contributed by atoms with van der Waals surface area (Å²) >= 11 is 0. The molecule has 0 atom stereocenters. The Morgan fingerprint density at radius 2 is 1.56 bits per heavy atom. The van der Waals surface area contributed by atoms with Gasteiger partial charge in [0.25, 0.3) is 0 Å². The van der Waals surface area contributed by atoms with Gasteiger partial charge in [0.1, 0.15) is 18.2 Å². The van der Waals surface area contributed by atoms with Crippen molar-refractivity contribution in [2.75, 3.05) is 6.61 Å². The van der Waals surface area contributed by atoms with Crippen molar-refractivity contribution in [3.05, 3.63) is 71.8 Å². The zero-order valence-electron chi connectivity index (χ0n) is 14.2. The van der Waals surface area contributed by atoms with Crippen LogP contribution in [-0.4, -0.2) is 18.1 Å². The summed E-state index contributed by atoms with van der Waals surface area (Å²) in [6.45, 7) is -0.0715. The first-order valence-electron chi connectivity index (χ1n) is 8.66. The van der Waals surface area contributed by atoms with Crippen LogP contribution in [0.3, 0.4) is 0 Å². The molecule has 0 radical (unpaired) electrons. The predicted octanol–water partition coefficient (Wildman–Crippen LogP) is 3.75. The molecule has 2 aromatic rings. The minimum Gasteiger partial charge on any atom is -0.359 e. The maximum atomic E-state index is 12.3. The van der Waals surface area contributed by atoms with E-state index in [1.807, 2.05) is 60.7 Å². The van der Waals surface area contributed by atoms with Crippen molar-refractivity contribution in [2.24, 2.45) is 0 Å². The Bertz CT molecular complexity index is 692. The van der Waals surface area contributed by atoms with E-state index < -0.39 is 5.54 Å². The minimum atomic E-state index is -0.713. The van der Waals surface area contributed by atoms with Gasteiger partial charge in [-0.05, 0) is 36.8 Å². The molecule has 128 valence electrons. The van der Waals surface area contributed by atoms with Gasteiger partial charge in [-0.25, -0.2) is 0 Å². The smallest absolute Gasteiger partial charge is 0.247 e. The number of nitrogens with one attached hydrogen (secondary N) is 1. The van der Waals surface area contributed by atoms with Gasteiger partial charge in [-0.1, -0.05) is 60.7 Å². The Kier molecular flexibility index (Phi) is 5.47. The highest BCUT2D eigenvalue weighted by atomic mass is 16.5. The third-order valence-electron chi connectivity index (χ3n) is 4.64. The largest absolute Gasteiger partial charge is 0.359 e. The summed E-state index contributed by atoms with van der Waals surface area (Å²) in [4.78, 5) is 12.3. The summed E-state index contributed by atoms with van der Waals surface area (Å²) in [5, 5.41) is 12.3. The number of nitriles is 1. The highest BCUT2D eigenvalue weighted by Crippen LogP contribution is 2.29. The van der Waals surface area contributed by atoms with Gasteiger partial charge >= 0.3 is 0 Å². The molecule has 1 fully saturated rings. The van der Waals surface area contributed by atoms with Crippen LogP contribution >= 0.6 is 0 Å². The molecule has 0 heterocycles. The van der Waals surface area contributed by atoms with Gasteiger partial charge in [-0.2, -0.15) is 5.26 Å². The quantitative estimate of drug-likeness (QED) is 0.875. The summed E-state index contributed by atoms with van der Waals surface area (Å²) in [5.74, 6) is -0.236. The molecule has 1 aliphatic carbocycles. The molecule has 0 spiro atoms. The number of rotatable bonds is 6. The highest BCUT2D eigenvalue weighted by Gasteiger charge is 2.35. The Morgan fingerprint density at radius 3 is 2.04 bits per heavy atom. The normalized spacial score (nSPS) is 15.7. The van der Waals surface area contributed by atoms with Crippen molar-refractivity contribution in [1.29, 1.82) is 5.26 Å². The van der Waals surface area contributed by atoms with Crippen LogP contribution in [0.5, 0.6) is 0 Å². The van der Waals surface area contributed by atoms with Gasteiger partial charge in [0.05, 0.1) is 6.07 Å². The Balaban J connectivity index is 1.69. The molecule has 4 heteroatoms. The van der Waals surface area contributed by atoms with Crippen molar-refractivity contribution in [3.63, 3.8) is 0 Å². The van der Waals surface area contributed by atoms with Crippen molar-refractivity contribution >= 4 is 5.91 Å². The summed E-state index contributed by atoms with van der Waals surface area (Å²) in [7, 11) is 0. The van der Waals surface area contributed by atoms with E-state index in [-0.39, 0.29) is 18.6 Å². The Labute approximate surface area is 148 Å². The van der Waals surface area contributed by atoms with E-state index in [9.17, 15) is 10.1 Å². The van der Waals surface area contributed by atoms with Crippen LogP contribution in [0.4, 0.5) is 0 Å². The van der Waals surface area contributed by atoms with Crippen LogP contribution in [-0.2, 0) is 9.53 Å². The monoisotopic (exact) mass is 334 g/mol. The zero-order valence-corrected chi connectivity index (χ0v) is 14.2. The molecule has 25 heavy (non-hydrogen) atoms. The molecule has 3 rings (SSSR count). The first kappa shape index (κ1) is 17.2. The number of carbonyl (C=O) groups excluding carboxylic acids is 1. The molecule has 0 unspecified atom stereocenters. The molecule has 0 saturated heterocycles. The van der Waals surface area contributed by atoms with Gasteiger partial charge in [0.2, 0.25) is 5.91 Å². The van der Waals surface area contributed by atoms with Crippen LogP contribution in [0.15, 0.2) is 60.7 Å². The lowest BCUT2D eigenvalue weighted by atomic mass is 10.00. The van der Waals surface area contributed by atoms with Gasteiger partial charge in [0, 0.05) is 0 Å². The lowest BCUT2D eigenvalue weighted by Crippen LogP contribution is -2.46. The number of amides is 1. The van der Waals surface area contributed by atoms with E-state index in [1.54, 1.807) is 0 Å². The number of carbonyl (C=O) groups is 1. The second-order valence-electron chi connectivity index (χ2n) is 6.46. The fraction of sp³-hybridized carbons (Fsp3) is 0.333. The average molecular weight is 334 g/mol. The molecule has 0 bridgehead atoms. The molecule has 1 N–H and O–H groups in total. The molecule has 1 aliphatic rings. The summed E-state index contributed by atoms with van der Waals surface area (Å²) in [5.41, 5.74) is 1.28. The van der Waals surface area contributed by atoms with Gasteiger partial charge in [-0.3, -0.25) is 4.79 Å². The standard InChI is InChI=1S/C21H22N2O2/c22-16-21(13-7-8-14-21)23-19(24)15-25-20(17-9-3-1-4-10-17)18-11-5-2-6-12-18/h1-6,9-12,20H,7-8,13-15H2,(H,23,24). The number of nitrogens with zero attached hydrogens (tertiary/aromatic N) is 1. The average Bonchev–Trinajstić information content (AvgIpc) is 3.12. The predicted molar refractivity (Wildman–Crippen MR) is 95.6 cm³/mol. The van der Waals surface area contributed by atoms with E-state index >= 15 is 0 Å². The topological polar surface area (TPSA) is 62.1 Å². The second kappa shape index (κ2) is 7.96. The van der Waals surface area contributed by atoms with Crippen molar-refractivity contribution in [1.82, 2.24) is 5.32 Å². The summed E-state index contributed by atoms with van der Waals surface area (Å²) in [6, 6.07) is 22.0. The maximum Gasteiger partial charge on any atom is 0.247 e. The lowest BCUT2D eigenvalue weighted by Gasteiger charge is -2.23. The van der Waals surface area contributed by atoms with Crippen molar-refractivity contribution < 1.29 is 9.53 Å². The first-order valence-corrected chi connectivity index (χ1v) is 8.66. The number of ether oxygens (including phenoxy) is 1. The molecule has 2 aromatic carbocycles. The number of hydrogen-bond acceptors (Lipinski definition) is 3. The number of benzene rings is 2. The van der Waals surface area contributed by atoms with E-state index in [4.69, 9.17) is 4.74 Å². The SMILES string of the molecule is N#CC1(NC(=O)COC(c2ccccc2)c2ccccc2)CCCC1. The minimum absolute atomic E-state index is 0.0715. The summed E-state index contributed by atoms with van der Waals surface area (Å²) < 4.78 is 5.95. The zero-order chi connectivity index (χ0) is 17.5. The van der Waals surface area contributed by atoms with E-state index in [1.165, 1.54) is 0 Å². The second-order valence-corrected chi connectivity index (χ2v) is 6.46. The molecular weight excluding hydrogens is 312 g/mol. The van der Waals surface area contributed by atoms with Crippen LogP contribution in [0.25, 0.3) is 0 Å². The molecular formula is C21H22N2O2. The van der Waals surface area contributed by atoms with Crippen molar-refractivity contribution in [3.8, 4) is 6.07 Å². The first-order chi connectivity index (χ1) is 12.2. The maximum absolute atomic E-state index is 12.3. The fourth-order valence-corrected chi connectivity index (χ4v) is 3.35. The third kappa shape index (κ3) is 4.26. The van der Waals surface area contributed by atoms with Gasteiger partial charge in [0.15, 0.2) is 0 Å². The lowest BCUT2D eigenvalue weighted by molar-refractivity contribution is -0.128. The van der Waals surface area contributed by atoms with Gasteiger partial charge < -0.3 is 10.1 Å². The van der Waals surface area contributed by atoms with E-state index in [2.05, 4.69) is 11.4 Å².